The maximum absolute atomic E-state index is 12.1. The lowest BCUT2D eigenvalue weighted by atomic mass is 9.92. The minimum atomic E-state index is -0.744. The number of aliphatic hydroxyl groups is 2. The smallest absolute Gasteiger partial charge is 0.136 e. The third-order valence-corrected chi connectivity index (χ3v) is 4.81. The Balaban J connectivity index is 2.57. The van der Waals surface area contributed by atoms with Crippen LogP contribution in [0.3, 0.4) is 0 Å². The van der Waals surface area contributed by atoms with E-state index in [9.17, 15) is 9.90 Å². The van der Waals surface area contributed by atoms with E-state index in [4.69, 9.17) is 9.84 Å². The van der Waals surface area contributed by atoms with Crippen molar-refractivity contribution in [2.75, 3.05) is 13.2 Å². The van der Waals surface area contributed by atoms with Crippen LogP contribution in [0.1, 0.15) is 59.8 Å². The van der Waals surface area contributed by atoms with E-state index in [1.54, 1.807) is 6.08 Å². The first-order valence-electron chi connectivity index (χ1n) is 9.09. The predicted molar refractivity (Wildman–Crippen MR) is 96.8 cm³/mol. The van der Waals surface area contributed by atoms with E-state index in [1.165, 1.54) is 0 Å². The van der Waals surface area contributed by atoms with Gasteiger partial charge in [-0.25, -0.2) is 0 Å². The monoisotopic (exact) mass is 338 g/mol. The molecule has 0 amide bonds. The van der Waals surface area contributed by atoms with Crippen molar-refractivity contribution in [1.82, 2.24) is 0 Å². The summed E-state index contributed by atoms with van der Waals surface area (Å²) in [6.07, 6.45) is 8.59. The summed E-state index contributed by atoms with van der Waals surface area (Å²) in [7, 11) is 0. The number of carbonyl (C=O) groups excluding carboxylic acids is 1. The van der Waals surface area contributed by atoms with Gasteiger partial charge in [-0.05, 0) is 44.1 Å². The molecule has 138 valence electrons. The number of hydrogen-bond donors (Lipinski definition) is 2. The molecule has 1 aliphatic heterocycles. The van der Waals surface area contributed by atoms with Crippen LogP contribution in [0.5, 0.6) is 0 Å². The Bertz CT molecular complexity index is 453. The molecular formula is C20H34O4. The van der Waals surface area contributed by atoms with Gasteiger partial charge >= 0.3 is 0 Å². The Kier molecular flexibility index (Phi) is 8.88. The van der Waals surface area contributed by atoms with E-state index in [0.717, 1.165) is 18.4 Å². The number of carbonyl (C=O) groups is 1. The molecule has 2 N–H and O–H groups in total. The van der Waals surface area contributed by atoms with Crippen molar-refractivity contribution in [1.29, 1.82) is 0 Å². The summed E-state index contributed by atoms with van der Waals surface area (Å²) in [5, 5.41) is 19.4. The molecule has 0 aromatic rings. The van der Waals surface area contributed by atoms with E-state index in [-0.39, 0.29) is 12.5 Å². The fraction of sp³-hybridized carbons (Fsp3) is 0.750. The van der Waals surface area contributed by atoms with Gasteiger partial charge in [-0.15, -0.1) is 0 Å². The van der Waals surface area contributed by atoms with Gasteiger partial charge in [0.2, 0.25) is 0 Å². The second kappa shape index (κ2) is 10.1. The Labute approximate surface area is 146 Å². The van der Waals surface area contributed by atoms with Crippen LogP contribution in [0, 0.1) is 11.8 Å². The molecule has 1 rings (SSSR count). The molecule has 1 aliphatic rings. The number of ether oxygens (including phenoxy) is 1. The van der Waals surface area contributed by atoms with Gasteiger partial charge in [0, 0.05) is 12.3 Å². The lowest BCUT2D eigenvalue weighted by molar-refractivity contribution is -0.122. The molecule has 0 spiro atoms. The van der Waals surface area contributed by atoms with Gasteiger partial charge in [0.15, 0.2) is 0 Å². The first-order chi connectivity index (χ1) is 11.3. The molecule has 1 unspecified atom stereocenters. The van der Waals surface area contributed by atoms with Crippen LogP contribution in [0.4, 0.5) is 0 Å². The molecule has 0 bridgehead atoms. The van der Waals surface area contributed by atoms with Crippen molar-refractivity contribution >= 4 is 5.78 Å². The van der Waals surface area contributed by atoms with Gasteiger partial charge in [-0.1, -0.05) is 39.0 Å². The molecule has 0 aromatic carbocycles. The molecule has 1 fully saturated rings. The second-order valence-electron chi connectivity index (χ2n) is 7.51. The summed E-state index contributed by atoms with van der Waals surface area (Å²) in [6, 6.07) is 0. The Hall–Kier alpha value is -0.970. The van der Waals surface area contributed by atoms with Crippen molar-refractivity contribution < 1.29 is 19.7 Å². The quantitative estimate of drug-likeness (QED) is 0.666. The molecule has 4 heteroatoms. The van der Waals surface area contributed by atoms with E-state index in [2.05, 4.69) is 13.8 Å². The zero-order chi connectivity index (χ0) is 18.2. The fourth-order valence-corrected chi connectivity index (χ4v) is 2.79. The summed E-state index contributed by atoms with van der Waals surface area (Å²) >= 11 is 0. The fourth-order valence-electron chi connectivity index (χ4n) is 2.79. The van der Waals surface area contributed by atoms with Gasteiger partial charge < -0.3 is 14.9 Å². The zero-order valence-corrected chi connectivity index (χ0v) is 15.6. The van der Waals surface area contributed by atoms with Gasteiger partial charge in [0.05, 0.1) is 19.3 Å². The van der Waals surface area contributed by atoms with Crippen LogP contribution in [0.15, 0.2) is 23.8 Å². The summed E-state index contributed by atoms with van der Waals surface area (Å²) in [4.78, 5) is 12.1. The van der Waals surface area contributed by atoms with Crippen molar-refractivity contribution in [3.05, 3.63) is 23.8 Å². The Morgan fingerprint density at radius 2 is 2.12 bits per heavy atom. The lowest BCUT2D eigenvalue weighted by Crippen LogP contribution is -2.39. The largest absolute Gasteiger partial charge is 0.392 e. The summed E-state index contributed by atoms with van der Waals surface area (Å²) in [5.74, 6) is 0.844. The van der Waals surface area contributed by atoms with Crippen LogP contribution in [-0.2, 0) is 9.53 Å². The molecule has 4 nitrogen and oxygen atoms in total. The third-order valence-electron chi connectivity index (χ3n) is 4.81. The summed E-state index contributed by atoms with van der Waals surface area (Å²) in [6.45, 7) is 8.51. The van der Waals surface area contributed by atoms with Crippen LogP contribution in [-0.4, -0.2) is 40.9 Å². The van der Waals surface area contributed by atoms with E-state index in [1.807, 2.05) is 26.0 Å². The zero-order valence-electron chi connectivity index (χ0n) is 15.6. The highest BCUT2D eigenvalue weighted by molar-refractivity contribution is 5.80. The standard InChI is InChI=1S/C20H34O4/c1-15(2)7-9-18(22)16(3)6-5-12-20(4)19(23)10-8-17(11-13-21)14-24-20/h5,11-12,15-16,19,21,23H,6-10,13-14H2,1-4H3/b12-5+,17-11+/t16?,19-,20+/m1/s1. The van der Waals surface area contributed by atoms with E-state index in [0.29, 0.717) is 37.6 Å². The van der Waals surface area contributed by atoms with Crippen molar-refractivity contribution in [2.24, 2.45) is 11.8 Å². The highest BCUT2D eigenvalue weighted by Crippen LogP contribution is 2.28. The SMILES string of the molecule is CC(C)CCC(=O)C(C)C/C=C/[C@]1(C)OC/C(=C/CO)CC[C@H]1O. The van der Waals surface area contributed by atoms with E-state index >= 15 is 0 Å². The van der Waals surface area contributed by atoms with Crippen molar-refractivity contribution in [2.45, 2.75) is 71.5 Å². The van der Waals surface area contributed by atoms with Gasteiger partial charge in [0.25, 0.3) is 0 Å². The number of rotatable bonds is 8. The van der Waals surface area contributed by atoms with Gasteiger partial charge in [0.1, 0.15) is 11.4 Å². The van der Waals surface area contributed by atoms with E-state index < -0.39 is 11.7 Å². The number of Topliss-reactive ketones (excluding diaryl/α,β-unsaturated/α-hetero) is 1. The van der Waals surface area contributed by atoms with Crippen LogP contribution in [0.25, 0.3) is 0 Å². The van der Waals surface area contributed by atoms with Gasteiger partial charge in [-0.2, -0.15) is 0 Å². The lowest BCUT2D eigenvalue weighted by Gasteiger charge is -2.29. The van der Waals surface area contributed by atoms with Gasteiger partial charge in [-0.3, -0.25) is 4.79 Å². The maximum Gasteiger partial charge on any atom is 0.136 e. The van der Waals surface area contributed by atoms with Crippen molar-refractivity contribution in [3.8, 4) is 0 Å². The Morgan fingerprint density at radius 3 is 2.75 bits per heavy atom. The molecule has 0 aromatic heterocycles. The molecule has 0 radical (unpaired) electrons. The van der Waals surface area contributed by atoms with Crippen LogP contribution in [0.2, 0.25) is 0 Å². The number of allylic oxidation sites excluding steroid dienone is 1. The average Bonchev–Trinajstić information content (AvgIpc) is 2.66. The van der Waals surface area contributed by atoms with Crippen molar-refractivity contribution in [3.63, 3.8) is 0 Å². The Morgan fingerprint density at radius 1 is 1.42 bits per heavy atom. The van der Waals surface area contributed by atoms with Crippen LogP contribution < -0.4 is 0 Å². The summed E-state index contributed by atoms with van der Waals surface area (Å²) < 4.78 is 5.89. The molecule has 24 heavy (non-hydrogen) atoms. The number of aliphatic hydroxyl groups excluding tert-OH is 2. The summed E-state index contributed by atoms with van der Waals surface area (Å²) in [5.41, 5.74) is 0.275. The first kappa shape index (κ1) is 21.1. The highest BCUT2D eigenvalue weighted by atomic mass is 16.5. The molecule has 1 saturated heterocycles. The molecule has 3 atom stereocenters. The topological polar surface area (TPSA) is 66.8 Å². The average molecular weight is 338 g/mol. The number of hydrogen-bond acceptors (Lipinski definition) is 4. The third kappa shape index (κ3) is 6.88. The minimum absolute atomic E-state index is 0.00263. The highest BCUT2D eigenvalue weighted by Gasteiger charge is 2.33. The maximum atomic E-state index is 12.1. The normalized spacial score (nSPS) is 28.5. The van der Waals surface area contributed by atoms with Crippen LogP contribution >= 0.6 is 0 Å². The molecular weight excluding hydrogens is 304 g/mol. The molecule has 0 aliphatic carbocycles. The number of ketones is 1. The minimum Gasteiger partial charge on any atom is -0.392 e. The first-order valence-corrected chi connectivity index (χ1v) is 9.09. The second-order valence-corrected chi connectivity index (χ2v) is 7.51. The predicted octanol–water partition coefficient (Wildman–Crippen LogP) is 3.42. The molecule has 1 heterocycles. The molecule has 0 saturated carbocycles.